The predicted octanol–water partition coefficient (Wildman–Crippen LogP) is 3.45. The van der Waals surface area contributed by atoms with E-state index >= 15 is 0 Å². The van der Waals surface area contributed by atoms with E-state index in [0.29, 0.717) is 32.8 Å². The SMILES string of the molecule is Cc1ccc(-c2csc(-c3cccn3CC(=O)N3CCOCC3)n2)cc1. The smallest absolute Gasteiger partial charge is 0.242 e. The van der Waals surface area contributed by atoms with E-state index in [1.54, 1.807) is 11.3 Å². The van der Waals surface area contributed by atoms with Crippen molar-refractivity contribution in [2.45, 2.75) is 13.5 Å². The fourth-order valence-electron chi connectivity index (χ4n) is 3.05. The summed E-state index contributed by atoms with van der Waals surface area (Å²) >= 11 is 1.61. The van der Waals surface area contributed by atoms with Crippen LogP contribution < -0.4 is 0 Å². The van der Waals surface area contributed by atoms with Gasteiger partial charge in [-0.1, -0.05) is 29.8 Å². The number of amides is 1. The summed E-state index contributed by atoms with van der Waals surface area (Å²) in [6.07, 6.45) is 1.95. The van der Waals surface area contributed by atoms with Crippen LogP contribution in [0.1, 0.15) is 5.56 Å². The van der Waals surface area contributed by atoms with Crippen molar-refractivity contribution < 1.29 is 9.53 Å². The van der Waals surface area contributed by atoms with Crippen LogP contribution in [0, 0.1) is 6.92 Å². The lowest BCUT2D eigenvalue weighted by atomic mass is 10.1. The number of aryl methyl sites for hydroxylation is 1. The highest BCUT2D eigenvalue weighted by Gasteiger charge is 2.19. The van der Waals surface area contributed by atoms with E-state index in [9.17, 15) is 4.79 Å². The fraction of sp³-hybridized carbons (Fsp3) is 0.300. The minimum Gasteiger partial charge on any atom is -0.378 e. The van der Waals surface area contributed by atoms with Crippen molar-refractivity contribution in [2.75, 3.05) is 26.3 Å². The minimum absolute atomic E-state index is 0.126. The molecule has 1 saturated heterocycles. The van der Waals surface area contributed by atoms with Gasteiger partial charge < -0.3 is 14.2 Å². The normalized spacial score (nSPS) is 14.6. The summed E-state index contributed by atoms with van der Waals surface area (Å²) < 4.78 is 7.30. The average molecular weight is 367 g/mol. The van der Waals surface area contributed by atoms with Gasteiger partial charge >= 0.3 is 0 Å². The molecule has 0 saturated carbocycles. The Morgan fingerprint density at radius 3 is 2.73 bits per heavy atom. The molecule has 1 fully saturated rings. The number of hydrogen-bond acceptors (Lipinski definition) is 4. The number of morpholine rings is 1. The molecule has 26 heavy (non-hydrogen) atoms. The van der Waals surface area contributed by atoms with E-state index in [1.807, 2.05) is 27.8 Å². The second-order valence-corrected chi connectivity index (χ2v) is 7.28. The fourth-order valence-corrected chi connectivity index (χ4v) is 3.92. The first kappa shape index (κ1) is 17.0. The lowest BCUT2D eigenvalue weighted by Gasteiger charge is -2.27. The molecule has 0 unspecified atom stereocenters. The van der Waals surface area contributed by atoms with Crippen molar-refractivity contribution in [2.24, 2.45) is 0 Å². The van der Waals surface area contributed by atoms with Gasteiger partial charge in [-0.2, -0.15) is 0 Å². The molecule has 5 nitrogen and oxygen atoms in total. The maximum atomic E-state index is 12.5. The minimum atomic E-state index is 0.126. The molecule has 1 aliphatic rings. The summed E-state index contributed by atoms with van der Waals surface area (Å²) in [6, 6.07) is 12.4. The molecule has 2 aromatic heterocycles. The Morgan fingerprint density at radius 2 is 1.96 bits per heavy atom. The van der Waals surface area contributed by atoms with Crippen LogP contribution in [0.15, 0.2) is 48.0 Å². The van der Waals surface area contributed by atoms with Crippen molar-refractivity contribution in [3.05, 3.63) is 53.5 Å². The Hall–Kier alpha value is -2.44. The number of nitrogens with zero attached hydrogens (tertiary/aromatic N) is 3. The molecule has 1 aliphatic heterocycles. The molecule has 3 heterocycles. The summed E-state index contributed by atoms with van der Waals surface area (Å²) in [7, 11) is 0. The van der Waals surface area contributed by atoms with Crippen molar-refractivity contribution >= 4 is 17.2 Å². The average Bonchev–Trinajstić information content (AvgIpc) is 3.32. The quantitative estimate of drug-likeness (QED) is 0.710. The maximum absolute atomic E-state index is 12.5. The van der Waals surface area contributed by atoms with Crippen molar-refractivity contribution in [1.29, 1.82) is 0 Å². The first-order chi connectivity index (χ1) is 12.7. The van der Waals surface area contributed by atoms with Gasteiger partial charge in [0, 0.05) is 30.2 Å². The Labute approximate surface area is 156 Å². The molecule has 0 bridgehead atoms. The summed E-state index contributed by atoms with van der Waals surface area (Å²) in [5.41, 5.74) is 4.30. The molecule has 4 rings (SSSR count). The van der Waals surface area contributed by atoms with E-state index in [-0.39, 0.29) is 5.91 Å². The third kappa shape index (κ3) is 3.57. The van der Waals surface area contributed by atoms with Crippen molar-refractivity contribution in [3.63, 3.8) is 0 Å². The molecule has 1 aromatic carbocycles. The van der Waals surface area contributed by atoms with Crippen LogP contribution in [-0.2, 0) is 16.1 Å². The van der Waals surface area contributed by atoms with Gasteiger partial charge in [-0.05, 0) is 19.1 Å². The van der Waals surface area contributed by atoms with Crippen LogP contribution in [0.3, 0.4) is 0 Å². The topological polar surface area (TPSA) is 47.4 Å². The number of aromatic nitrogens is 2. The summed E-state index contributed by atoms with van der Waals surface area (Å²) in [5.74, 6) is 0.126. The number of carbonyl (C=O) groups is 1. The Kier molecular flexibility index (Phi) is 4.86. The molecular weight excluding hydrogens is 346 g/mol. The molecular formula is C20H21N3O2S. The highest BCUT2D eigenvalue weighted by Crippen LogP contribution is 2.29. The lowest BCUT2D eigenvalue weighted by Crippen LogP contribution is -2.42. The van der Waals surface area contributed by atoms with Crippen molar-refractivity contribution in [3.8, 4) is 22.0 Å². The van der Waals surface area contributed by atoms with Gasteiger partial charge in [0.1, 0.15) is 11.6 Å². The van der Waals surface area contributed by atoms with Gasteiger partial charge in [0.05, 0.1) is 24.6 Å². The van der Waals surface area contributed by atoms with Crippen LogP contribution in [-0.4, -0.2) is 46.7 Å². The third-order valence-corrected chi connectivity index (χ3v) is 5.43. The molecule has 0 atom stereocenters. The van der Waals surface area contributed by atoms with Gasteiger partial charge in [0.25, 0.3) is 0 Å². The first-order valence-corrected chi connectivity index (χ1v) is 9.62. The molecule has 1 amide bonds. The second kappa shape index (κ2) is 7.43. The molecule has 0 spiro atoms. The summed E-state index contributed by atoms with van der Waals surface area (Å²) in [6.45, 7) is 5.00. The molecule has 6 heteroatoms. The van der Waals surface area contributed by atoms with Gasteiger partial charge in [-0.25, -0.2) is 4.98 Å². The van der Waals surface area contributed by atoms with Gasteiger partial charge in [0.15, 0.2) is 0 Å². The van der Waals surface area contributed by atoms with E-state index in [1.165, 1.54) is 5.56 Å². The number of carbonyl (C=O) groups excluding carboxylic acids is 1. The number of thiazole rings is 1. The van der Waals surface area contributed by atoms with Crippen LogP contribution in [0.2, 0.25) is 0 Å². The highest BCUT2D eigenvalue weighted by atomic mass is 32.1. The Bertz CT molecular complexity index is 892. The third-order valence-electron chi connectivity index (χ3n) is 4.57. The second-order valence-electron chi connectivity index (χ2n) is 6.42. The Morgan fingerprint density at radius 1 is 1.19 bits per heavy atom. The molecule has 0 aliphatic carbocycles. The molecule has 0 N–H and O–H groups in total. The van der Waals surface area contributed by atoms with E-state index in [0.717, 1.165) is 22.0 Å². The maximum Gasteiger partial charge on any atom is 0.242 e. The van der Waals surface area contributed by atoms with Crippen LogP contribution in [0.5, 0.6) is 0 Å². The van der Waals surface area contributed by atoms with E-state index in [2.05, 4.69) is 36.6 Å². The summed E-state index contributed by atoms with van der Waals surface area (Å²) in [4.78, 5) is 19.2. The Balaban J connectivity index is 1.53. The monoisotopic (exact) mass is 367 g/mol. The highest BCUT2D eigenvalue weighted by molar-refractivity contribution is 7.13. The largest absolute Gasteiger partial charge is 0.378 e. The van der Waals surface area contributed by atoms with Crippen molar-refractivity contribution in [1.82, 2.24) is 14.5 Å². The van der Waals surface area contributed by atoms with Gasteiger partial charge in [0.2, 0.25) is 5.91 Å². The molecule has 0 radical (unpaired) electrons. The number of ether oxygens (including phenoxy) is 1. The molecule has 3 aromatic rings. The zero-order valence-electron chi connectivity index (χ0n) is 14.7. The van der Waals surface area contributed by atoms with Crippen LogP contribution in [0.4, 0.5) is 0 Å². The number of hydrogen-bond donors (Lipinski definition) is 0. The van der Waals surface area contributed by atoms with E-state index < -0.39 is 0 Å². The van der Waals surface area contributed by atoms with Crippen LogP contribution in [0.25, 0.3) is 22.0 Å². The van der Waals surface area contributed by atoms with E-state index in [4.69, 9.17) is 9.72 Å². The van der Waals surface area contributed by atoms with Crippen LogP contribution >= 0.6 is 11.3 Å². The summed E-state index contributed by atoms with van der Waals surface area (Å²) in [5, 5.41) is 3.00. The number of benzene rings is 1. The zero-order valence-corrected chi connectivity index (χ0v) is 15.5. The zero-order chi connectivity index (χ0) is 17.9. The van der Waals surface area contributed by atoms with Gasteiger partial charge in [-0.15, -0.1) is 11.3 Å². The van der Waals surface area contributed by atoms with Gasteiger partial charge in [-0.3, -0.25) is 4.79 Å². The lowest BCUT2D eigenvalue weighted by molar-refractivity contribution is -0.135. The standard InChI is InChI=1S/C20H21N3O2S/c1-15-4-6-16(7-5-15)17-14-26-20(21-17)18-3-2-8-23(18)13-19(24)22-9-11-25-12-10-22/h2-8,14H,9-13H2,1H3. The molecule has 134 valence electrons. The first-order valence-electron chi connectivity index (χ1n) is 8.74. The number of rotatable bonds is 4. The predicted molar refractivity (Wildman–Crippen MR) is 103 cm³/mol.